The standard InChI is InChI=1S/C19H18F3NO3/c1-12-9-16(25-2)17(26-3)11-15(12)23-18(24)8-7-13-5-4-6-14(10-13)19(20,21)22/h4-11H,1-3H3,(H,23,24)/b8-7+. The van der Waals surface area contributed by atoms with Crippen molar-refractivity contribution in [2.75, 3.05) is 19.5 Å². The largest absolute Gasteiger partial charge is 0.493 e. The minimum atomic E-state index is -4.43. The molecule has 1 amide bonds. The Balaban J connectivity index is 2.15. The van der Waals surface area contributed by atoms with Crippen LogP contribution in [0.25, 0.3) is 6.08 Å². The van der Waals surface area contributed by atoms with Gasteiger partial charge >= 0.3 is 6.18 Å². The lowest BCUT2D eigenvalue weighted by molar-refractivity contribution is -0.137. The van der Waals surface area contributed by atoms with Crippen LogP contribution < -0.4 is 14.8 Å². The number of halogens is 3. The molecular weight excluding hydrogens is 347 g/mol. The number of rotatable bonds is 5. The third-order valence-electron chi connectivity index (χ3n) is 3.63. The molecule has 0 aliphatic carbocycles. The molecule has 0 aromatic heterocycles. The molecule has 7 heteroatoms. The number of alkyl halides is 3. The van der Waals surface area contributed by atoms with E-state index >= 15 is 0 Å². The number of hydrogen-bond donors (Lipinski definition) is 1. The lowest BCUT2D eigenvalue weighted by atomic mass is 10.1. The number of hydrogen-bond acceptors (Lipinski definition) is 3. The smallest absolute Gasteiger partial charge is 0.416 e. The topological polar surface area (TPSA) is 47.6 Å². The first-order chi connectivity index (χ1) is 12.2. The Hall–Kier alpha value is -2.96. The molecule has 0 unspecified atom stereocenters. The van der Waals surface area contributed by atoms with Gasteiger partial charge < -0.3 is 14.8 Å². The first kappa shape index (κ1) is 19.4. The van der Waals surface area contributed by atoms with Crippen LogP contribution >= 0.6 is 0 Å². The van der Waals surface area contributed by atoms with E-state index in [0.29, 0.717) is 17.2 Å². The zero-order valence-corrected chi connectivity index (χ0v) is 14.5. The molecule has 26 heavy (non-hydrogen) atoms. The molecule has 0 atom stereocenters. The Morgan fingerprint density at radius 1 is 1.08 bits per heavy atom. The highest BCUT2D eigenvalue weighted by Gasteiger charge is 2.30. The Bertz CT molecular complexity index is 829. The van der Waals surface area contributed by atoms with Crippen molar-refractivity contribution in [2.45, 2.75) is 13.1 Å². The predicted octanol–water partition coefficient (Wildman–Crippen LogP) is 4.68. The van der Waals surface area contributed by atoms with Gasteiger partial charge in [-0.25, -0.2) is 0 Å². The second kappa shape index (κ2) is 7.95. The van der Waals surface area contributed by atoms with Gasteiger partial charge in [-0.05, 0) is 42.3 Å². The summed E-state index contributed by atoms with van der Waals surface area (Å²) in [5.41, 5.74) is 0.777. The molecule has 2 rings (SSSR count). The van der Waals surface area contributed by atoms with Crippen LogP contribution in [0.3, 0.4) is 0 Å². The number of aryl methyl sites for hydroxylation is 1. The number of benzene rings is 2. The van der Waals surface area contributed by atoms with E-state index in [1.165, 1.54) is 38.5 Å². The van der Waals surface area contributed by atoms with Crippen LogP contribution in [0.5, 0.6) is 11.5 Å². The fraction of sp³-hybridized carbons (Fsp3) is 0.211. The molecule has 0 saturated heterocycles. The van der Waals surface area contributed by atoms with Crippen molar-refractivity contribution in [3.8, 4) is 11.5 Å². The summed E-state index contributed by atoms with van der Waals surface area (Å²) in [7, 11) is 2.99. The maximum Gasteiger partial charge on any atom is 0.416 e. The summed E-state index contributed by atoms with van der Waals surface area (Å²) in [6, 6.07) is 8.06. The molecule has 2 aromatic carbocycles. The van der Waals surface area contributed by atoms with Gasteiger partial charge in [0, 0.05) is 17.8 Å². The fourth-order valence-electron chi connectivity index (χ4n) is 2.28. The van der Waals surface area contributed by atoms with Gasteiger partial charge in [-0.15, -0.1) is 0 Å². The third kappa shape index (κ3) is 4.78. The Labute approximate surface area is 149 Å². The monoisotopic (exact) mass is 365 g/mol. The molecule has 0 bridgehead atoms. The van der Waals surface area contributed by atoms with Crippen molar-refractivity contribution < 1.29 is 27.4 Å². The molecule has 0 aliphatic rings. The van der Waals surface area contributed by atoms with Crippen LogP contribution in [0.2, 0.25) is 0 Å². The number of amides is 1. The van der Waals surface area contributed by atoms with Crippen LogP contribution in [0.1, 0.15) is 16.7 Å². The first-order valence-electron chi connectivity index (χ1n) is 7.63. The van der Waals surface area contributed by atoms with E-state index in [0.717, 1.165) is 17.7 Å². The number of nitrogens with one attached hydrogen (secondary N) is 1. The maximum absolute atomic E-state index is 12.7. The van der Waals surface area contributed by atoms with Crippen LogP contribution in [-0.4, -0.2) is 20.1 Å². The number of carbonyl (C=O) groups is 1. The van der Waals surface area contributed by atoms with E-state index in [9.17, 15) is 18.0 Å². The van der Waals surface area contributed by atoms with Gasteiger partial charge in [-0.3, -0.25) is 4.79 Å². The summed E-state index contributed by atoms with van der Waals surface area (Å²) in [4.78, 5) is 12.1. The van der Waals surface area contributed by atoms with Crippen LogP contribution in [-0.2, 0) is 11.0 Å². The van der Waals surface area contributed by atoms with E-state index in [2.05, 4.69) is 5.32 Å². The second-order valence-electron chi connectivity index (χ2n) is 5.47. The average molecular weight is 365 g/mol. The lowest BCUT2D eigenvalue weighted by Gasteiger charge is -2.12. The summed E-state index contributed by atoms with van der Waals surface area (Å²) >= 11 is 0. The normalized spacial score (nSPS) is 11.5. The van der Waals surface area contributed by atoms with Gasteiger partial charge in [-0.1, -0.05) is 12.1 Å². The summed E-state index contributed by atoms with van der Waals surface area (Å²) in [6.45, 7) is 1.79. The average Bonchev–Trinajstić information content (AvgIpc) is 2.60. The highest BCUT2D eigenvalue weighted by atomic mass is 19.4. The number of anilines is 1. The summed E-state index contributed by atoms with van der Waals surface area (Å²) in [6.07, 6.45) is -1.94. The number of methoxy groups -OCH3 is 2. The van der Waals surface area contributed by atoms with Crippen molar-refractivity contribution in [2.24, 2.45) is 0 Å². The van der Waals surface area contributed by atoms with Gasteiger partial charge in [0.05, 0.1) is 19.8 Å². The van der Waals surface area contributed by atoms with E-state index in [1.54, 1.807) is 19.1 Å². The van der Waals surface area contributed by atoms with Crippen molar-refractivity contribution in [1.29, 1.82) is 0 Å². The zero-order valence-electron chi connectivity index (χ0n) is 14.5. The molecule has 0 saturated carbocycles. The quantitative estimate of drug-likeness (QED) is 0.783. The van der Waals surface area contributed by atoms with Gasteiger partial charge in [0.25, 0.3) is 0 Å². The summed E-state index contributed by atoms with van der Waals surface area (Å²) in [5.74, 6) is 0.510. The maximum atomic E-state index is 12.7. The summed E-state index contributed by atoms with van der Waals surface area (Å²) in [5, 5.41) is 2.67. The highest BCUT2D eigenvalue weighted by molar-refractivity contribution is 6.02. The van der Waals surface area contributed by atoms with E-state index in [1.807, 2.05) is 0 Å². The van der Waals surface area contributed by atoms with Gasteiger partial charge in [0.2, 0.25) is 5.91 Å². The number of ether oxygens (including phenoxy) is 2. The van der Waals surface area contributed by atoms with Crippen LogP contribution in [0, 0.1) is 6.92 Å². The minimum absolute atomic E-state index is 0.277. The molecule has 138 valence electrons. The molecule has 0 radical (unpaired) electrons. The van der Waals surface area contributed by atoms with E-state index < -0.39 is 17.6 Å². The Morgan fingerprint density at radius 2 is 1.73 bits per heavy atom. The molecule has 2 aromatic rings. The van der Waals surface area contributed by atoms with Crippen molar-refractivity contribution in [1.82, 2.24) is 0 Å². The molecule has 1 N–H and O–H groups in total. The van der Waals surface area contributed by atoms with E-state index in [-0.39, 0.29) is 5.56 Å². The molecule has 0 heterocycles. The third-order valence-corrected chi connectivity index (χ3v) is 3.63. The zero-order chi connectivity index (χ0) is 19.3. The van der Waals surface area contributed by atoms with Gasteiger partial charge in [0.15, 0.2) is 11.5 Å². The molecule has 0 aliphatic heterocycles. The lowest BCUT2D eigenvalue weighted by Crippen LogP contribution is -2.09. The summed E-state index contributed by atoms with van der Waals surface area (Å²) < 4.78 is 48.5. The molecule has 4 nitrogen and oxygen atoms in total. The van der Waals surface area contributed by atoms with Crippen LogP contribution in [0.4, 0.5) is 18.9 Å². The van der Waals surface area contributed by atoms with Gasteiger partial charge in [0.1, 0.15) is 0 Å². The van der Waals surface area contributed by atoms with Crippen molar-refractivity contribution in [3.63, 3.8) is 0 Å². The first-order valence-corrected chi connectivity index (χ1v) is 7.63. The molecular formula is C19H18F3NO3. The van der Waals surface area contributed by atoms with Crippen LogP contribution in [0.15, 0.2) is 42.5 Å². The van der Waals surface area contributed by atoms with Crippen molar-refractivity contribution >= 4 is 17.7 Å². The van der Waals surface area contributed by atoms with Gasteiger partial charge in [-0.2, -0.15) is 13.2 Å². The fourth-order valence-corrected chi connectivity index (χ4v) is 2.28. The molecule has 0 spiro atoms. The minimum Gasteiger partial charge on any atom is -0.493 e. The second-order valence-corrected chi connectivity index (χ2v) is 5.47. The Morgan fingerprint density at radius 3 is 2.35 bits per heavy atom. The highest BCUT2D eigenvalue weighted by Crippen LogP contribution is 2.33. The molecule has 0 fully saturated rings. The van der Waals surface area contributed by atoms with Crippen molar-refractivity contribution in [3.05, 3.63) is 59.2 Å². The Kier molecular flexibility index (Phi) is 5.92. The van der Waals surface area contributed by atoms with E-state index in [4.69, 9.17) is 9.47 Å². The SMILES string of the molecule is COc1cc(C)c(NC(=O)/C=C/c2cccc(C(F)(F)F)c2)cc1OC. The number of carbonyl (C=O) groups excluding carboxylic acids is 1. The predicted molar refractivity (Wildman–Crippen MR) is 93.4 cm³/mol.